The summed E-state index contributed by atoms with van der Waals surface area (Å²) in [5.41, 5.74) is 6.98. The molecule has 0 bridgehead atoms. The molecule has 1 aliphatic rings. The number of nitrogens with two attached hydrogens (primary N) is 1. The molecule has 1 aliphatic heterocycles. The van der Waals surface area contributed by atoms with Crippen molar-refractivity contribution in [2.75, 3.05) is 4.90 Å². The van der Waals surface area contributed by atoms with Gasteiger partial charge in [0.05, 0.1) is 17.3 Å². The molecule has 216 valence electrons. The molecule has 8 nitrogen and oxygen atoms in total. The van der Waals surface area contributed by atoms with Gasteiger partial charge in [0.2, 0.25) is 0 Å². The Bertz CT molecular complexity index is 1440. The zero-order valence-electron chi connectivity index (χ0n) is 23.3. The Morgan fingerprint density at radius 2 is 1.59 bits per heavy atom. The molecular weight excluding hydrogens is 537 g/mol. The fourth-order valence-electron chi connectivity index (χ4n) is 4.40. The quantitative estimate of drug-likeness (QED) is 0.332. The van der Waals surface area contributed by atoms with Crippen LogP contribution in [0.1, 0.15) is 73.8 Å². The van der Waals surface area contributed by atoms with Crippen molar-refractivity contribution in [3.63, 3.8) is 0 Å². The van der Waals surface area contributed by atoms with Gasteiger partial charge in [0.1, 0.15) is 11.4 Å². The van der Waals surface area contributed by atoms with Crippen molar-refractivity contribution in [2.45, 2.75) is 65.1 Å². The number of halogens is 3. The van der Waals surface area contributed by atoms with E-state index in [9.17, 15) is 22.8 Å². The van der Waals surface area contributed by atoms with Gasteiger partial charge in [-0.05, 0) is 62.1 Å². The molecule has 4 rings (SSSR count). The highest BCUT2D eigenvalue weighted by molar-refractivity contribution is 6.21. The number of ether oxygens (including phenoxy) is 2. The van der Waals surface area contributed by atoms with Crippen molar-refractivity contribution in [2.24, 2.45) is 5.73 Å². The lowest BCUT2D eigenvalue weighted by Crippen LogP contribution is -2.33. The lowest BCUT2D eigenvalue weighted by atomic mass is 9.91. The zero-order chi connectivity index (χ0) is 30.1. The Balaban J connectivity index is 1.90. The van der Waals surface area contributed by atoms with Crippen LogP contribution in [0.4, 0.5) is 19.0 Å². The second-order valence-electron chi connectivity index (χ2n) is 10.8. The Morgan fingerprint density at radius 3 is 2.07 bits per heavy atom. The third kappa shape index (κ3) is 6.74. The zero-order valence-corrected chi connectivity index (χ0v) is 23.3. The lowest BCUT2D eigenvalue weighted by molar-refractivity contribution is -0.274. The molecular formula is C30H31F3N4O4. The number of anilines is 1. The second kappa shape index (κ2) is 11.3. The van der Waals surface area contributed by atoms with E-state index < -0.39 is 35.4 Å². The summed E-state index contributed by atoms with van der Waals surface area (Å²) in [5, 5.41) is 8.21. The molecule has 1 aromatic heterocycles. The van der Waals surface area contributed by atoms with Crippen LogP contribution in [0.3, 0.4) is 0 Å². The van der Waals surface area contributed by atoms with Gasteiger partial charge >= 0.3 is 6.36 Å². The number of amides is 1. The summed E-state index contributed by atoms with van der Waals surface area (Å²) in [6.07, 6.45) is -4.88. The van der Waals surface area contributed by atoms with Crippen molar-refractivity contribution in [3.05, 3.63) is 94.4 Å². The fourth-order valence-corrected chi connectivity index (χ4v) is 4.40. The smallest absolute Gasteiger partial charge is 0.482 e. The van der Waals surface area contributed by atoms with E-state index in [1.165, 1.54) is 17.0 Å². The van der Waals surface area contributed by atoms with Gasteiger partial charge < -0.3 is 15.2 Å². The summed E-state index contributed by atoms with van der Waals surface area (Å²) < 4.78 is 48.6. The van der Waals surface area contributed by atoms with Crippen LogP contribution >= 0.6 is 0 Å². The minimum atomic E-state index is -4.88. The van der Waals surface area contributed by atoms with Gasteiger partial charge in [-0.25, -0.2) is 0 Å². The third-order valence-corrected chi connectivity index (χ3v) is 6.27. The van der Waals surface area contributed by atoms with Crippen LogP contribution in [0.2, 0.25) is 0 Å². The monoisotopic (exact) mass is 568 g/mol. The molecule has 41 heavy (non-hydrogen) atoms. The van der Waals surface area contributed by atoms with E-state index in [0.29, 0.717) is 16.8 Å². The largest absolute Gasteiger partial charge is 0.573 e. The summed E-state index contributed by atoms with van der Waals surface area (Å²) in [7, 11) is 0. The summed E-state index contributed by atoms with van der Waals surface area (Å²) in [6.45, 7) is 9.40. The molecule has 0 spiro atoms. The van der Waals surface area contributed by atoms with Crippen LogP contribution in [0.25, 0.3) is 0 Å². The first-order valence-electron chi connectivity index (χ1n) is 13.0. The van der Waals surface area contributed by atoms with Crippen molar-refractivity contribution in [3.8, 4) is 5.75 Å². The predicted octanol–water partition coefficient (Wildman–Crippen LogP) is 6.00. The molecule has 0 aliphatic carbocycles. The Hall–Kier alpha value is -4.25. The number of alkyl halides is 3. The van der Waals surface area contributed by atoms with E-state index in [1.54, 1.807) is 45.0 Å². The normalized spacial score (nSPS) is 16.0. The average molecular weight is 569 g/mol. The van der Waals surface area contributed by atoms with Gasteiger partial charge in [-0.3, -0.25) is 14.5 Å². The molecule has 11 heteroatoms. The molecule has 1 amide bonds. The van der Waals surface area contributed by atoms with Crippen molar-refractivity contribution in [1.82, 2.24) is 10.2 Å². The lowest BCUT2D eigenvalue weighted by Gasteiger charge is -2.26. The van der Waals surface area contributed by atoms with Crippen molar-refractivity contribution in [1.29, 1.82) is 0 Å². The van der Waals surface area contributed by atoms with Gasteiger partial charge in [-0.2, -0.15) is 5.10 Å². The first-order valence-corrected chi connectivity index (χ1v) is 13.0. The molecule has 0 radical (unpaired) electrons. The molecule has 0 saturated carbocycles. The van der Waals surface area contributed by atoms with Gasteiger partial charge in [-0.15, -0.1) is 18.3 Å². The molecule has 2 N–H and O–H groups in total. The van der Waals surface area contributed by atoms with Crippen molar-refractivity contribution < 1.29 is 32.2 Å². The minimum Gasteiger partial charge on any atom is -0.482 e. The first kappa shape index (κ1) is 29.7. The van der Waals surface area contributed by atoms with Crippen LogP contribution in [0.5, 0.6) is 5.75 Å². The van der Waals surface area contributed by atoms with E-state index >= 15 is 0 Å². The number of aromatic nitrogens is 2. The second-order valence-corrected chi connectivity index (χ2v) is 10.8. The number of benzene rings is 2. The number of hydrogen-bond donors (Lipinski definition) is 1. The standard InChI is InChI=1S/C30H31F3N4O4/c1-17(2)18-6-8-20(9-7-18)26(38)24-25(19-10-13-22(14-11-19)40-30(31,32)33)37(23-15-12-21(16-34)35-36-23)28(39)27(24)41-29(3,4)5/h6-15,17,25H,16,34H2,1-5H3. The maximum absolute atomic E-state index is 14.1. The van der Waals surface area contributed by atoms with Crippen LogP contribution in [-0.2, 0) is 16.1 Å². The van der Waals surface area contributed by atoms with Crippen LogP contribution in [0, 0.1) is 0 Å². The molecule has 1 unspecified atom stereocenters. The summed E-state index contributed by atoms with van der Waals surface area (Å²) in [6, 6.07) is 14.1. The molecule has 2 heterocycles. The number of hydrogen-bond acceptors (Lipinski definition) is 7. The van der Waals surface area contributed by atoms with E-state index in [1.807, 2.05) is 26.0 Å². The maximum atomic E-state index is 14.1. The third-order valence-electron chi connectivity index (χ3n) is 6.27. The van der Waals surface area contributed by atoms with Gasteiger partial charge in [0, 0.05) is 12.1 Å². The van der Waals surface area contributed by atoms with E-state index in [2.05, 4.69) is 14.9 Å². The van der Waals surface area contributed by atoms with E-state index in [4.69, 9.17) is 10.5 Å². The number of carbonyl (C=O) groups is 2. The summed E-state index contributed by atoms with van der Waals surface area (Å²) >= 11 is 0. The summed E-state index contributed by atoms with van der Waals surface area (Å²) in [4.78, 5) is 29.4. The maximum Gasteiger partial charge on any atom is 0.573 e. The molecule has 0 saturated heterocycles. The van der Waals surface area contributed by atoms with Crippen LogP contribution < -0.4 is 15.4 Å². The van der Waals surface area contributed by atoms with Gasteiger partial charge in [-0.1, -0.05) is 50.2 Å². The molecule has 2 aromatic carbocycles. The number of nitrogens with zero attached hydrogens (tertiary/aromatic N) is 3. The van der Waals surface area contributed by atoms with Crippen LogP contribution in [0.15, 0.2) is 72.0 Å². The SMILES string of the molecule is CC(C)c1ccc(C(=O)C2=C(OC(C)(C)C)C(=O)N(c3ccc(CN)nn3)C2c2ccc(OC(F)(F)F)cc2)cc1. The number of Topliss-reactive ketones (excluding diaryl/α,β-unsaturated/α-hetero) is 1. The number of ketones is 1. The molecule has 0 fully saturated rings. The molecule has 1 atom stereocenters. The topological polar surface area (TPSA) is 108 Å². The average Bonchev–Trinajstić information content (AvgIpc) is 3.18. The van der Waals surface area contributed by atoms with Gasteiger partial charge in [0.25, 0.3) is 5.91 Å². The number of carbonyl (C=O) groups excluding carboxylic acids is 2. The Kier molecular flexibility index (Phi) is 8.21. The minimum absolute atomic E-state index is 0.0245. The highest BCUT2D eigenvalue weighted by Crippen LogP contribution is 2.44. The van der Waals surface area contributed by atoms with E-state index in [0.717, 1.165) is 17.7 Å². The Morgan fingerprint density at radius 1 is 0.951 bits per heavy atom. The highest BCUT2D eigenvalue weighted by Gasteiger charge is 2.47. The Labute approximate surface area is 236 Å². The van der Waals surface area contributed by atoms with Crippen LogP contribution in [-0.4, -0.2) is 33.9 Å². The fraction of sp³-hybridized carbons (Fsp3) is 0.333. The van der Waals surface area contributed by atoms with Gasteiger partial charge in [0.15, 0.2) is 17.4 Å². The summed E-state index contributed by atoms with van der Waals surface area (Å²) in [5.74, 6) is -1.39. The van der Waals surface area contributed by atoms with E-state index in [-0.39, 0.29) is 29.6 Å². The predicted molar refractivity (Wildman–Crippen MR) is 146 cm³/mol. The highest BCUT2D eigenvalue weighted by atomic mass is 19.4. The molecule has 3 aromatic rings. The number of rotatable bonds is 8. The first-order chi connectivity index (χ1) is 19.2. The van der Waals surface area contributed by atoms with Crippen molar-refractivity contribution >= 4 is 17.5 Å².